The summed E-state index contributed by atoms with van der Waals surface area (Å²) < 4.78 is 2.09. The van der Waals surface area contributed by atoms with Crippen LogP contribution in [0.25, 0.3) is 0 Å². The maximum Gasteiger partial charge on any atom is 0.212 e. The molecule has 0 amide bonds. The zero-order valence-electron chi connectivity index (χ0n) is 29.4. The summed E-state index contributed by atoms with van der Waals surface area (Å²) in [5.41, 5.74) is 12.6. The highest BCUT2D eigenvalue weighted by molar-refractivity contribution is 6.31. The third-order valence-electron chi connectivity index (χ3n) is 10.5. The van der Waals surface area contributed by atoms with Crippen LogP contribution in [0.5, 0.6) is 0 Å². The Morgan fingerprint density at radius 1 is 0.760 bits per heavy atom. The van der Waals surface area contributed by atoms with Crippen LogP contribution in [0.15, 0.2) is 150 Å². The summed E-state index contributed by atoms with van der Waals surface area (Å²) in [6.45, 7) is 18.4. The van der Waals surface area contributed by atoms with Gasteiger partial charge in [0, 0.05) is 62.5 Å². The fraction of sp³-hybridized carbons (Fsp3) is 0.222. The molecule has 2 aliphatic heterocycles. The fourth-order valence-electron chi connectivity index (χ4n) is 7.97. The molecule has 252 valence electrons. The predicted molar refractivity (Wildman–Crippen MR) is 212 cm³/mol. The summed E-state index contributed by atoms with van der Waals surface area (Å²) in [5.74, 6) is 0. The lowest BCUT2D eigenvalue weighted by molar-refractivity contribution is -0.356. The molecule has 0 saturated carbocycles. The van der Waals surface area contributed by atoms with Gasteiger partial charge < -0.3 is 16.4 Å². The Hall–Kier alpha value is -4.57. The van der Waals surface area contributed by atoms with Crippen LogP contribution in [0, 0.1) is 6.58 Å². The number of anilines is 3. The second-order valence-corrected chi connectivity index (χ2v) is 15.1. The van der Waals surface area contributed by atoms with Crippen molar-refractivity contribution in [2.75, 3.05) is 16.3 Å². The Morgan fingerprint density at radius 2 is 1.38 bits per heavy atom. The van der Waals surface area contributed by atoms with Gasteiger partial charge in [0.1, 0.15) is 0 Å². The average Bonchev–Trinajstić information content (AvgIpc) is 3.68. The molecule has 0 N–H and O–H groups in total. The first-order chi connectivity index (χ1) is 24.1. The first kappa shape index (κ1) is 33.9. The van der Waals surface area contributed by atoms with Gasteiger partial charge in [-0.25, -0.2) is 0 Å². The largest absolute Gasteiger partial charge is 0.445 e. The standard InChI is InChI=1S/C45H43Cl2N3/c1-7-48-39-25-23-33(46)29-37(39)44(3,4)41(48)27-21-31-19-20-32(43(31)50(35-15-11-9-12-16-35)36-17-13-10-14-18-36)22-28-42-45(5,6)38-30-34(47)24-26-40(38)49(42)8-2/h1,7,9-18,21-30H,8,19-20H2,2-6H3. The summed E-state index contributed by atoms with van der Waals surface area (Å²) in [6.07, 6.45) is 12.7. The van der Waals surface area contributed by atoms with Crippen LogP contribution >= 0.6 is 23.2 Å². The van der Waals surface area contributed by atoms with Gasteiger partial charge in [0.25, 0.3) is 0 Å². The smallest absolute Gasteiger partial charge is 0.212 e. The van der Waals surface area contributed by atoms with Crippen molar-refractivity contribution >= 4 is 51.7 Å². The minimum atomic E-state index is -0.289. The molecule has 0 saturated heterocycles. The summed E-state index contributed by atoms with van der Waals surface area (Å²) in [5, 5.41) is 1.50. The van der Waals surface area contributed by atoms with E-state index in [0.29, 0.717) is 0 Å². The van der Waals surface area contributed by atoms with E-state index in [-0.39, 0.29) is 10.8 Å². The lowest BCUT2D eigenvalue weighted by Crippen LogP contribution is -2.26. The minimum Gasteiger partial charge on any atom is -0.445 e. The summed E-state index contributed by atoms with van der Waals surface area (Å²) in [6, 6.07) is 33.7. The van der Waals surface area contributed by atoms with Crippen LogP contribution in [-0.4, -0.2) is 16.8 Å². The zero-order chi connectivity index (χ0) is 35.2. The van der Waals surface area contributed by atoms with E-state index in [1.807, 2.05) is 12.1 Å². The SMILES string of the molecule is [CH-]=C[N+]1=C(C=CC2=C(N(c3ccccc3)c3ccccc3)C(=CC=C3N(CC)c4ccc(Cl)cc4C3(C)C)CC2)C(C)(C)c2cc(Cl)ccc21. The topological polar surface area (TPSA) is 9.49 Å². The van der Waals surface area contributed by atoms with Crippen molar-refractivity contribution < 1.29 is 4.58 Å². The Labute approximate surface area is 307 Å². The molecule has 0 fully saturated rings. The van der Waals surface area contributed by atoms with Gasteiger partial charge in [0.2, 0.25) is 5.69 Å². The number of benzene rings is 4. The molecular formula is C45H43Cl2N3. The van der Waals surface area contributed by atoms with Crippen LogP contribution in [0.2, 0.25) is 10.0 Å². The molecule has 5 heteroatoms. The van der Waals surface area contributed by atoms with Crippen LogP contribution in [0.1, 0.15) is 58.6 Å². The number of halogens is 2. The van der Waals surface area contributed by atoms with E-state index in [1.165, 1.54) is 33.8 Å². The van der Waals surface area contributed by atoms with E-state index in [2.05, 4.69) is 158 Å². The van der Waals surface area contributed by atoms with E-state index in [0.717, 1.165) is 57.8 Å². The van der Waals surface area contributed by atoms with Gasteiger partial charge in [-0.2, -0.15) is 4.58 Å². The second-order valence-electron chi connectivity index (χ2n) is 14.2. The molecule has 0 radical (unpaired) electrons. The molecular weight excluding hydrogens is 653 g/mol. The van der Waals surface area contributed by atoms with Crippen LogP contribution in [0.4, 0.5) is 22.7 Å². The Balaban J connectivity index is 1.40. The quantitative estimate of drug-likeness (QED) is 0.134. The monoisotopic (exact) mass is 695 g/mol. The maximum absolute atomic E-state index is 6.51. The molecule has 50 heavy (non-hydrogen) atoms. The maximum atomic E-state index is 6.51. The average molecular weight is 697 g/mol. The van der Waals surface area contributed by atoms with Crippen molar-refractivity contribution in [2.45, 2.75) is 58.3 Å². The predicted octanol–water partition coefficient (Wildman–Crippen LogP) is 12.4. The summed E-state index contributed by atoms with van der Waals surface area (Å²) in [7, 11) is 0. The van der Waals surface area contributed by atoms with Gasteiger partial charge in [0.05, 0.1) is 11.1 Å². The lowest BCUT2D eigenvalue weighted by atomic mass is 9.81. The fourth-order valence-corrected chi connectivity index (χ4v) is 8.31. The van der Waals surface area contributed by atoms with Crippen molar-refractivity contribution in [2.24, 2.45) is 0 Å². The Kier molecular flexibility index (Phi) is 9.01. The Morgan fingerprint density at radius 3 is 2.00 bits per heavy atom. The van der Waals surface area contributed by atoms with Crippen molar-refractivity contribution in [1.82, 2.24) is 0 Å². The number of fused-ring (bicyclic) bond motifs is 2. The van der Waals surface area contributed by atoms with Gasteiger partial charge in [-0.3, -0.25) is 0 Å². The first-order valence-electron chi connectivity index (χ1n) is 17.4. The molecule has 0 bridgehead atoms. The molecule has 3 aliphatic rings. The van der Waals surface area contributed by atoms with Crippen molar-refractivity contribution in [3.05, 3.63) is 178 Å². The molecule has 4 aromatic rings. The lowest BCUT2D eigenvalue weighted by Gasteiger charge is -2.29. The molecule has 2 heterocycles. The molecule has 0 aromatic heterocycles. The third-order valence-corrected chi connectivity index (χ3v) is 11.0. The number of allylic oxidation sites excluding steroid dienone is 7. The first-order valence-corrected chi connectivity index (χ1v) is 18.1. The van der Waals surface area contributed by atoms with Crippen LogP contribution in [0.3, 0.4) is 0 Å². The van der Waals surface area contributed by atoms with E-state index in [1.54, 1.807) is 6.20 Å². The molecule has 7 rings (SSSR count). The number of para-hydroxylation sites is 2. The van der Waals surface area contributed by atoms with Gasteiger partial charge in [0.15, 0.2) is 5.71 Å². The second kappa shape index (κ2) is 13.3. The summed E-state index contributed by atoms with van der Waals surface area (Å²) in [4.78, 5) is 4.84. The highest BCUT2D eigenvalue weighted by Crippen LogP contribution is 2.49. The number of rotatable bonds is 8. The molecule has 1 aliphatic carbocycles. The van der Waals surface area contributed by atoms with Crippen LogP contribution < -0.4 is 9.80 Å². The zero-order valence-corrected chi connectivity index (χ0v) is 30.9. The minimum absolute atomic E-state index is 0.193. The highest BCUT2D eigenvalue weighted by atomic mass is 35.5. The number of hydrogen-bond donors (Lipinski definition) is 0. The van der Waals surface area contributed by atoms with Gasteiger partial charge in [-0.1, -0.05) is 85.6 Å². The van der Waals surface area contributed by atoms with Crippen molar-refractivity contribution in [3.8, 4) is 0 Å². The van der Waals surface area contributed by atoms with E-state index < -0.39 is 0 Å². The molecule has 4 aromatic carbocycles. The highest BCUT2D eigenvalue weighted by Gasteiger charge is 2.43. The van der Waals surface area contributed by atoms with Crippen molar-refractivity contribution in [3.63, 3.8) is 0 Å². The van der Waals surface area contributed by atoms with Gasteiger partial charge in [-0.15, -0.1) is 0 Å². The van der Waals surface area contributed by atoms with Gasteiger partial charge >= 0.3 is 0 Å². The number of hydrogen-bond acceptors (Lipinski definition) is 2. The third kappa shape index (κ3) is 5.77. The van der Waals surface area contributed by atoms with E-state index in [4.69, 9.17) is 29.8 Å². The normalized spacial score (nSPS) is 19.2. The molecule has 3 nitrogen and oxygen atoms in total. The van der Waals surface area contributed by atoms with Gasteiger partial charge in [-0.05, 0) is 117 Å². The number of likely N-dealkylation sites (N-methyl/N-ethyl adjacent to an activating group) is 1. The van der Waals surface area contributed by atoms with Crippen LogP contribution in [-0.2, 0) is 10.8 Å². The van der Waals surface area contributed by atoms with E-state index >= 15 is 0 Å². The molecule has 0 atom stereocenters. The summed E-state index contributed by atoms with van der Waals surface area (Å²) >= 11 is 13.0. The molecule has 0 unspecified atom stereocenters. The van der Waals surface area contributed by atoms with Crippen molar-refractivity contribution in [1.29, 1.82) is 0 Å². The number of nitrogens with zero attached hydrogens (tertiary/aromatic N) is 3. The van der Waals surface area contributed by atoms with E-state index in [9.17, 15) is 0 Å². The molecule has 0 spiro atoms. The Bertz CT molecular complexity index is 2090.